The van der Waals surface area contributed by atoms with Crippen molar-refractivity contribution in [1.82, 2.24) is 5.32 Å². The van der Waals surface area contributed by atoms with E-state index in [-0.39, 0.29) is 6.42 Å². The molecule has 1 heterocycles. The Morgan fingerprint density at radius 1 is 1.21 bits per heavy atom. The maximum Gasteiger partial charge on any atom is 0.328 e. The van der Waals surface area contributed by atoms with Crippen molar-refractivity contribution >= 4 is 17.8 Å². The van der Waals surface area contributed by atoms with E-state index in [2.05, 4.69) is 14.8 Å². The van der Waals surface area contributed by atoms with Gasteiger partial charge < -0.3 is 51.2 Å². The summed E-state index contributed by atoms with van der Waals surface area (Å²) in [4.78, 5) is 34.0. The number of hydrogen-bond donors (Lipinski definition) is 8. The predicted molar refractivity (Wildman–Crippen MR) is 110 cm³/mol. The lowest BCUT2D eigenvalue weighted by Gasteiger charge is -2.22. The van der Waals surface area contributed by atoms with Gasteiger partial charge in [-0.1, -0.05) is 30.3 Å². The second-order valence-corrected chi connectivity index (χ2v) is 7.26. The molecule has 0 aliphatic carbocycles. The van der Waals surface area contributed by atoms with Gasteiger partial charge >= 0.3 is 11.9 Å². The Morgan fingerprint density at radius 3 is 2.24 bits per heavy atom. The van der Waals surface area contributed by atoms with Gasteiger partial charge in [-0.05, 0) is 5.56 Å². The molecular weight excluding hydrogens is 444 g/mol. The van der Waals surface area contributed by atoms with Crippen molar-refractivity contribution in [3.63, 3.8) is 0 Å². The molecule has 0 bridgehead atoms. The van der Waals surface area contributed by atoms with Crippen LogP contribution >= 0.6 is 0 Å². The molecular formula is C20H30N2O11. The molecule has 186 valence electrons. The summed E-state index contributed by atoms with van der Waals surface area (Å²) in [6.45, 7) is -1.36. The smallest absolute Gasteiger partial charge is 0.328 e. The molecule has 13 nitrogen and oxygen atoms in total. The number of carbonyl (C=O) groups excluding carboxylic acids is 2. The standard InChI is InChI=1S/C14H18N2O5.C6H12O6/c1-21-14(20)11(7-9-5-3-2-4-6-9)16-13(19)10(15)8-12(17)18;7-1-3-4(9)5(10)6(11,2-8)12-3/h2-6,10-11H,7-8,15H2,1H3,(H,16,19)(H,17,18);3-5,7-11H,1-2H2/t10-,11-;3-,4-,5+,6-/m01/s1. The minimum atomic E-state index is -2.16. The number of benzene rings is 1. The van der Waals surface area contributed by atoms with E-state index < -0.39 is 73.7 Å². The molecule has 1 aliphatic heterocycles. The molecule has 1 aliphatic rings. The molecule has 33 heavy (non-hydrogen) atoms. The van der Waals surface area contributed by atoms with E-state index in [1.807, 2.05) is 18.2 Å². The zero-order valence-corrected chi connectivity index (χ0v) is 17.9. The number of aliphatic hydroxyl groups excluding tert-OH is 4. The van der Waals surface area contributed by atoms with Gasteiger partial charge in [0.05, 0.1) is 32.8 Å². The van der Waals surface area contributed by atoms with Crippen LogP contribution in [0.25, 0.3) is 0 Å². The van der Waals surface area contributed by atoms with Gasteiger partial charge in [-0.15, -0.1) is 0 Å². The molecule has 13 heteroatoms. The number of carboxylic acids is 1. The van der Waals surface area contributed by atoms with Gasteiger partial charge in [-0.2, -0.15) is 0 Å². The normalized spacial score (nSPS) is 25.8. The highest BCUT2D eigenvalue weighted by molar-refractivity contribution is 5.89. The van der Waals surface area contributed by atoms with Crippen molar-refractivity contribution in [2.75, 3.05) is 20.3 Å². The van der Waals surface area contributed by atoms with E-state index in [1.54, 1.807) is 12.1 Å². The van der Waals surface area contributed by atoms with Crippen LogP contribution in [0, 0.1) is 0 Å². The summed E-state index contributed by atoms with van der Waals surface area (Å²) in [6, 6.07) is 6.93. The maximum absolute atomic E-state index is 11.8. The third-order valence-electron chi connectivity index (χ3n) is 4.74. The number of methoxy groups -OCH3 is 1. The largest absolute Gasteiger partial charge is 0.481 e. The van der Waals surface area contributed by atoms with Crippen molar-refractivity contribution in [3.05, 3.63) is 35.9 Å². The van der Waals surface area contributed by atoms with E-state index in [0.29, 0.717) is 0 Å². The average Bonchev–Trinajstić information content (AvgIpc) is 3.02. The molecule has 6 atom stereocenters. The second kappa shape index (κ2) is 13.2. The first-order valence-corrected chi connectivity index (χ1v) is 9.86. The molecule has 0 spiro atoms. The fourth-order valence-electron chi connectivity index (χ4n) is 2.89. The van der Waals surface area contributed by atoms with Crippen LogP contribution in [0.4, 0.5) is 0 Å². The van der Waals surface area contributed by atoms with Crippen molar-refractivity contribution in [2.24, 2.45) is 5.73 Å². The predicted octanol–water partition coefficient (Wildman–Crippen LogP) is -3.53. The number of carboxylic acid groups (broad SMARTS) is 1. The molecule has 2 rings (SSSR count). The third-order valence-corrected chi connectivity index (χ3v) is 4.74. The molecule has 0 radical (unpaired) electrons. The van der Waals surface area contributed by atoms with Crippen molar-refractivity contribution in [1.29, 1.82) is 0 Å². The molecule has 0 aromatic heterocycles. The fraction of sp³-hybridized carbons (Fsp3) is 0.550. The number of carbonyl (C=O) groups is 3. The summed E-state index contributed by atoms with van der Waals surface area (Å²) in [6.07, 6.45) is -4.31. The van der Waals surface area contributed by atoms with Crippen LogP contribution in [0.3, 0.4) is 0 Å². The highest BCUT2D eigenvalue weighted by atomic mass is 16.7. The number of esters is 1. The highest BCUT2D eigenvalue weighted by Crippen LogP contribution is 2.28. The van der Waals surface area contributed by atoms with Crippen molar-refractivity contribution < 1.29 is 54.5 Å². The van der Waals surface area contributed by atoms with Crippen LogP contribution < -0.4 is 11.1 Å². The summed E-state index contributed by atoms with van der Waals surface area (Å²) >= 11 is 0. The van der Waals surface area contributed by atoms with Crippen molar-refractivity contribution in [2.45, 2.75) is 49.0 Å². The topological polar surface area (TPSA) is 229 Å². The Hall–Kier alpha value is -2.65. The van der Waals surface area contributed by atoms with Crippen LogP contribution in [-0.4, -0.2) is 105 Å². The van der Waals surface area contributed by atoms with Crippen LogP contribution in [0.5, 0.6) is 0 Å². The Balaban J connectivity index is 0.000000383. The zero-order chi connectivity index (χ0) is 25.2. The molecule has 0 unspecified atom stereocenters. The Kier molecular flexibility index (Phi) is 11.3. The Morgan fingerprint density at radius 2 is 1.82 bits per heavy atom. The van der Waals surface area contributed by atoms with Crippen molar-refractivity contribution in [3.8, 4) is 0 Å². The lowest BCUT2D eigenvalue weighted by molar-refractivity contribution is -0.248. The number of nitrogens with two attached hydrogens (primary N) is 1. The zero-order valence-electron chi connectivity index (χ0n) is 17.9. The summed E-state index contributed by atoms with van der Waals surface area (Å²) < 4.78 is 9.26. The highest BCUT2D eigenvalue weighted by Gasteiger charge is 2.52. The van der Waals surface area contributed by atoms with E-state index in [0.717, 1.165) is 5.56 Å². The van der Waals surface area contributed by atoms with E-state index in [9.17, 15) is 19.5 Å². The molecule has 1 aromatic carbocycles. The third kappa shape index (κ3) is 8.33. The van der Waals surface area contributed by atoms with Crippen LogP contribution in [-0.2, 0) is 30.3 Å². The van der Waals surface area contributed by atoms with Gasteiger partial charge in [0.15, 0.2) is 0 Å². The Bertz CT molecular complexity index is 779. The molecule has 1 fully saturated rings. The van der Waals surface area contributed by atoms with Gasteiger partial charge in [0.2, 0.25) is 11.7 Å². The van der Waals surface area contributed by atoms with E-state index in [4.69, 9.17) is 31.3 Å². The number of aliphatic hydroxyl groups is 5. The van der Waals surface area contributed by atoms with Gasteiger partial charge in [-0.3, -0.25) is 9.59 Å². The van der Waals surface area contributed by atoms with Gasteiger partial charge in [0, 0.05) is 6.42 Å². The monoisotopic (exact) mass is 474 g/mol. The lowest BCUT2D eigenvalue weighted by atomic mass is 10.1. The number of ether oxygens (including phenoxy) is 2. The van der Waals surface area contributed by atoms with Crippen LogP contribution in [0.15, 0.2) is 30.3 Å². The average molecular weight is 474 g/mol. The number of aliphatic carboxylic acids is 1. The van der Waals surface area contributed by atoms with Gasteiger partial charge in [-0.25, -0.2) is 4.79 Å². The quantitative estimate of drug-likeness (QED) is 0.163. The second-order valence-electron chi connectivity index (χ2n) is 7.26. The lowest BCUT2D eigenvalue weighted by Crippen LogP contribution is -2.50. The number of nitrogens with one attached hydrogen (secondary N) is 1. The molecule has 0 saturated carbocycles. The molecule has 1 aromatic rings. The SMILES string of the molecule is COC(=O)[C@H](Cc1ccccc1)NC(=O)[C@@H](N)CC(=O)O.OC[C@H]1O[C@](O)(CO)[C@@H](O)[C@@H]1O. The van der Waals surface area contributed by atoms with Crippen LogP contribution in [0.2, 0.25) is 0 Å². The minimum Gasteiger partial charge on any atom is -0.481 e. The number of rotatable bonds is 9. The fourth-order valence-corrected chi connectivity index (χ4v) is 2.89. The molecule has 1 saturated heterocycles. The first kappa shape index (κ1) is 28.4. The maximum atomic E-state index is 11.8. The summed E-state index contributed by atoms with van der Waals surface area (Å²) in [5, 5.41) is 55.7. The minimum absolute atomic E-state index is 0.235. The number of amides is 1. The summed E-state index contributed by atoms with van der Waals surface area (Å²) in [5.74, 6) is -4.67. The van der Waals surface area contributed by atoms with E-state index >= 15 is 0 Å². The van der Waals surface area contributed by atoms with Gasteiger partial charge in [0.25, 0.3) is 0 Å². The van der Waals surface area contributed by atoms with Crippen LogP contribution in [0.1, 0.15) is 12.0 Å². The van der Waals surface area contributed by atoms with Gasteiger partial charge in [0.1, 0.15) is 24.4 Å². The van der Waals surface area contributed by atoms with E-state index in [1.165, 1.54) is 7.11 Å². The Labute approximate surface area is 189 Å². The first-order valence-electron chi connectivity index (χ1n) is 9.86. The molecule has 1 amide bonds. The first-order chi connectivity index (χ1) is 15.5. The summed E-state index contributed by atoms with van der Waals surface area (Å²) in [5.41, 5.74) is 6.29. The molecule has 9 N–H and O–H groups in total. The summed E-state index contributed by atoms with van der Waals surface area (Å²) in [7, 11) is 1.21. The number of hydrogen-bond acceptors (Lipinski definition) is 11.